The van der Waals surface area contributed by atoms with Gasteiger partial charge in [0.2, 0.25) is 0 Å². The number of carbonyl (C=O) groups is 2. The number of rotatable bonds is 8. The summed E-state index contributed by atoms with van der Waals surface area (Å²) in [4.78, 5) is 26.5. The molecule has 144 valence electrons. The molecule has 0 aliphatic carbocycles. The second-order valence-electron chi connectivity index (χ2n) is 6.67. The first kappa shape index (κ1) is 20.5. The Bertz CT molecular complexity index is 750. The van der Waals surface area contributed by atoms with Gasteiger partial charge in [-0.15, -0.1) is 0 Å². The Morgan fingerprint density at radius 3 is 2.22 bits per heavy atom. The second kappa shape index (κ2) is 10.4. The molecule has 0 aliphatic heterocycles. The standard InChI is InChI=1S/C22H29N3O2/c1-4-13-25(14-5-2)21(26)19-9-11-20(12-10-19)24-22(27)23-16-18-8-6-7-17(3)15-18/h6-12,15H,4-5,13-14,16H2,1-3H3,(H2,23,24,27). The van der Waals surface area contributed by atoms with Crippen LogP contribution in [0.4, 0.5) is 10.5 Å². The summed E-state index contributed by atoms with van der Waals surface area (Å²) in [5.41, 5.74) is 3.52. The van der Waals surface area contributed by atoms with Gasteiger partial charge in [0.15, 0.2) is 0 Å². The molecule has 0 heterocycles. The quantitative estimate of drug-likeness (QED) is 0.717. The van der Waals surface area contributed by atoms with Crippen molar-refractivity contribution in [2.75, 3.05) is 18.4 Å². The van der Waals surface area contributed by atoms with E-state index in [1.807, 2.05) is 36.1 Å². The Kier molecular flexibility index (Phi) is 7.86. The van der Waals surface area contributed by atoms with E-state index in [2.05, 4.69) is 24.5 Å². The van der Waals surface area contributed by atoms with Crippen molar-refractivity contribution >= 4 is 17.6 Å². The molecular weight excluding hydrogens is 338 g/mol. The Morgan fingerprint density at radius 1 is 0.963 bits per heavy atom. The third-order valence-corrected chi connectivity index (χ3v) is 4.20. The topological polar surface area (TPSA) is 61.4 Å². The van der Waals surface area contributed by atoms with Crippen molar-refractivity contribution in [3.05, 3.63) is 65.2 Å². The molecule has 27 heavy (non-hydrogen) atoms. The van der Waals surface area contributed by atoms with Gasteiger partial charge in [0, 0.05) is 30.9 Å². The highest BCUT2D eigenvalue weighted by Crippen LogP contribution is 2.12. The molecular formula is C22H29N3O2. The zero-order valence-corrected chi connectivity index (χ0v) is 16.4. The van der Waals surface area contributed by atoms with Crippen LogP contribution in [0.3, 0.4) is 0 Å². The van der Waals surface area contributed by atoms with E-state index in [-0.39, 0.29) is 11.9 Å². The minimum atomic E-state index is -0.269. The van der Waals surface area contributed by atoms with Crippen LogP contribution in [0.2, 0.25) is 0 Å². The van der Waals surface area contributed by atoms with Gasteiger partial charge in [-0.05, 0) is 49.6 Å². The van der Waals surface area contributed by atoms with Crippen molar-refractivity contribution in [3.8, 4) is 0 Å². The summed E-state index contributed by atoms with van der Waals surface area (Å²) < 4.78 is 0. The number of urea groups is 1. The van der Waals surface area contributed by atoms with Crippen molar-refractivity contribution < 1.29 is 9.59 Å². The molecule has 2 rings (SSSR count). The molecule has 2 aromatic rings. The molecule has 0 aromatic heterocycles. The van der Waals surface area contributed by atoms with Crippen LogP contribution in [0.25, 0.3) is 0 Å². The number of amides is 3. The molecule has 0 spiro atoms. The number of nitrogens with one attached hydrogen (secondary N) is 2. The predicted molar refractivity (Wildman–Crippen MR) is 110 cm³/mol. The van der Waals surface area contributed by atoms with Crippen LogP contribution in [0.1, 0.15) is 48.2 Å². The van der Waals surface area contributed by atoms with Crippen LogP contribution in [0.5, 0.6) is 0 Å². The first-order valence-electron chi connectivity index (χ1n) is 9.53. The number of nitrogens with zero attached hydrogens (tertiary/aromatic N) is 1. The van der Waals surface area contributed by atoms with E-state index in [1.165, 1.54) is 0 Å². The normalized spacial score (nSPS) is 10.3. The van der Waals surface area contributed by atoms with Crippen molar-refractivity contribution in [1.82, 2.24) is 10.2 Å². The van der Waals surface area contributed by atoms with E-state index in [1.54, 1.807) is 24.3 Å². The number of benzene rings is 2. The van der Waals surface area contributed by atoms with Crippen molar-refractivity contribution in [2.24, 2.45) is 0 Å². The van der Waals surface area contributed by atoms with Crippen LogP contribution in [0, 0.1) is 6.92 Å². The minimum Gasteiger partial charge on any atom is -0.339 e. The zero-order chi connectivity index (χ0) is 19.6. The van der Waals surface area contributed by atoms with E-state index in [4.69, 9.17) is 0 Å². The highest BCUT2D eigenvalue weighted by atomic mass is 16.2. The van der Waals surface area contributed by atoms with Gasteiger partial charge in [0.05, 0.1) is 0 Å². The third kappa shape index (κ3) is 6.44. The fraction of sp³-hybridized carbons (Fsp3) is 0.364. The molecule has 0 unspecified atom stereocenters. The Hall–Kier alpha value is -2.82. The van der Waals surface area contributed by atoms with Gasteiger partial charge in [0.1, 0.15) is 0 Å². The summed E-state index contributed by atoms with van der Waals surface area (Å²) in [5, 5.41) is 5.64. The van der Waals surface area contributed by atoms with E-state index < -0.39 is 0 Å². The monoisotopic (exact) mass is 367 g/mol. The van der Waals surface area contributed by atoms with Crippen molar-refractivity contribution in [3.63, 3.8) is 0 Å². The average Bonchev–Trinajstić information content (AvgIpc) is 2.66. The molecule has 5 heteroatoms. The highest BCUT2D eigenvalue weighted by molar-refractivity contribution is 5.95. The molecule has 3 amide bonds. The van der Waals surface area contributed by atoms with Gasteiger partial charge in [-0.1, -0.05) is 43.7 Å². The Balaban J connectivity index is 1.90. The fourth-order valence-electron chi connectivity index (χ4n) is 2.91. The van der Waals surface area contributed by atoms with E-state index in [9.17, 15) is 9.59 Å². The number of hydrogen-bond donors (Lipinski definition) is 2. The van der Waals surface area contributed by atoms with E-state index >= 15 is 0 Å². The maximum atomic E-state index is 12.6. The van der Waals surface area contributed by atoms with E-state index in [0.717, 1.165) is 37.1 Å². The fourth-order valence-corrected chi connectivity index (χ4v) is 2.91. The van der Waals surface area contributed by atoms with Crippen LogP contribution < -0.4 is 10.6 Å². The molecule has 0 saturated carbocycles. The lowest BCUT2D eigenvalue weighted by Crippen LogP contribution is -2.32. The largest absolute Gasteiger partial charge is 0.339 e. The summed E-state index contributed by atoms with van der Waals surface area (Å²) in [6, 6.07) is 14.8. The number of anilines is 1. The number of aryl methyl sites for hydroxylation is 1. The molecule has 2 N–H and O–H groups in total. The number of hydrogen-bond acceptors (Lipinski definition) is 2. The van der Waals surface area contributed by atoms with Crippen LogP contribution in [-0.4, -0.2) is 29.9 Å². The highest BCUT2D eigenvalue weighted by Gasteiger charge is 2.14. The third-order valence-electron chi connectivity index (χ3n) is 4.20. The Labute approximate surface area is 161 Å². The summed E-state index contributed by atoms with van der Waals surface area (Å²) in [6.07, 6.45) is 1.87. The van der Waals surface area contributed by atoms with E-state index in [0.29, 0.717) is 17.8 Å². The maximum Gasteiger partial charge on any atom is 0.319 e. The summed E-state index contributed by atoms with van der Waals surface area (Å²) in [7, 11) is 0. The molecule has 0 atom stereocenters. The molecule has 0 bridgehead atoms. The molecule has 0 fully saturated rings. The lowest BCUT2D eigenvalue weighted by Gasteiger charge is -2.21. The minimum absolute atomic E-state index is 0.0362. The van der Waals surface area contributed by atoms with Gasteiger partial charge in [-0.2, -0.15) is 0 Å². The lowest BCUT2D eigenvalue weighted by atomic mass is 10.1. The van der Waals surface area contributed by atoms with Crippen molar-refractivity contribution in [2.45, 2.75) is 40.2 Å². The number of carbonyl (C=O) groups excluding carboxylic acids is 2. The first-order chi connectivity index (χ1) is 13.0. The molecule has 0 saturated heterocycles. The molecule has 5 nitrogen and oxygen atoms in total. The second-order valence-corrected chi connectivity index (χ2v) is 6.67. The molecule has 2 aromatic carbocycles. The summed E-state index contributed by atoms with van der Waals surface area (Å²) >= 11 is 0. The van der Waals surface area contributed by atoms with Crippen LogP contribution in [-0.2, 0) is 6.54 Å². The zero-order valence-electron chi connectivity index (χ0n) is 16.4. The smallest absolute Gasteiger partial charge is 0.319 e. The summed E-state index contributed by atoms with van der Waals surface area (Å²) in [6.45, 7) is 8.14. The summed E-state index contributed by atoms with van der Waals surface area (Å²) in [5.74, 6) is 0.0362. The maximum absolute atomic E-state index is 12.6. The van der Waals surface area contributed by atoms with Gasteiger partial charge in [-0.25, -0.2) is 4.79 Å². The van der Waals surface area contributed by atoms with Gasteiger partial charge >= 0.3 is 6.03 Å². The first-order valence-corrected chi connectivity index (χ1v) is 9.53. The predicted octanol–water partition coefficient (Wildman–Crippen LogP) is 4.58. The van der Waals surface area contributed by atoms with Gasteiger partial charge in [0.25, 0.3) is 5.91 Å². The SMILES string of the molecule is CCCN(CCC)C(=O)c1ccc(NC(=O)NCc2cccc(C)c2)cc1. The average molecular weight is 367 g/mol. The van der Waals surface area contributed by atoms with Crippen LogP contribution >= 0.6 is 0 Å². The van der Waals surface area contributed by atoms with Crippen LogP contribution in [0.15, 0.2) is 48.5 Å². The molecule has 0 aliphatic rings. The van der Waals surface area contributed by atoms with Crippen molar-refractivity contribution in [1.29, 1.82) is 0 Å². The molecule has 0 radical (unpaired) electrons. The van der Waals surface area contributed by atoms with Gasteiger partial charge in [-0.3, -0.25) is 4.79 Å². The lowest BCUT2D eigenvalue weighted by molar-refractivity contribution is 0.0755. The van der Waals surface area contributed by atoms with Gasteiger partial charge < -0.3 is 15.5 Å². The Morgan fingerprint density at radius 2 is 1.63 bits per heavy atom.